The fraction of sp³-hybridized carbons (Fsp3) is 0.929. The van der Waals surface area contributed by atoms with Crippen LogP contribution in [0.5, 0.6) is 0 Å². The summed E-state index contributed by atoms with van der Waals surface area (Å²) >= 11 is 0. The summed E-state index contributed by atoms with van der Waals surface area (Å²) in [5, 5.41) is 34.2. The first kappa shape index (κ1) is 23.3. The molecule has 0 radical (unpaired) electrons. The number of nitrogens with zero attached hydrogens (tertiary/aromatic N) is 1. The summed E-state index contributed by atoms with van der Waals surface area (Å²) in [6.07, 6.45) is 13.3. The van der Waals surface area contributed by atoms with Crippen LogP contribution in [0.3, 0.4) is 0 Å². The van der Waals surface area contributed by atoms with Crippen molar-refractivity contribution < 1.29 is 15.3 Å². The number of likely N-dealkylation sites (tertiary alicyclic amines) is 1. The Bertz CT molecular complexity index is 753. The van der Waals surface area contributed by atoms with Crippen molar-refractivity contribution in [3.05, 3.63) is 11.6 Å². The molecule has 1 saturated heterocycles. The van der Waals surface area contributed by atoms with Crippen LogP contribution in [0.15, 0.2) is 11.6 Å². The minimum atomic E-state index is -0.807. The normalized spacial score (nSPS) is 52.9. The standard InChI is InChI=1S/C28H47NO3/c1-18(23-8-6-5-7-15-29(23)4)28(32)17-24(31)25-21-10-9-19-16-20(30)11-13-26(19,2)22(21)12-14-27(25,28)3/h9,18,20-25,30-32H,5-8,10-17H2,1-4H3. The zero-order valence-corrected chi connectivity index (χ0v) is 20.9. The van der Waals surface area contributed by atoms with E-state index in [0.29, 0.717) is 24.3 Å². The monoisotopic (exact) mass is 445 g/mol. The van der Waals surface area contributed by atoms with Gasteiger partial charge in [0.2, 0.25) is 0 Å². The van der Waals surface area contributed by atoms with Crippen molar-refractivity contribution in [3.8, 4) is 0 Å². The molecule has 0 aromatic rings. The molecular formula is C28H47NO3. The van der Waals surface area contributed by atoms with Crippen LogP contribution in [0.2, 0.25) is 0 Å². The average molecular weight is 446 g/mol. The lowest BCUT2D eigenvalue weighted by Crippen LogP contribution is -2.59. The highest BCUT2D eigenvalue weighted by Gasteiger charge is 2.68. The van der Waals surface area contributed by atoms with Gasteiger partial charge in [0.15, 0.2) is 0 Å². The van der Waals surface area contributed by atoms with Crippen molar-refractivity contribution in [2.24, 2.45) is 34.5 Å². The van der Waals surface area contributed by atoms with E-state index in [1.807, 2.05) is 0 Å². The molecule has 3 saturated carbocycles. The van der Waals surface area contributed by atoms with E-state index >= 15 is 0 Å². The first-order valence-electron chi connectivity index (χ1n) is 13.6. The Kier molecular flexibility index (Phi) is 5.88. The SMILES string of the molecule is CC(C1CCCCCN1C)C1(O)CC(O)C2C3CC=C4CC(O)CCC4(C)C3CCC21C. The van der Waals surface area contributed by atoms with Gasteiger partial charge in [-0.1, -0.05) is 45.3 Å². The maximum atomic E-state index is 12.4. The molecule has 5 aliphatic rings. The van der Waals surface area contributed by atoms with Gasteiger partial charge in [0.05, 0.1) is 17.8 Å². The quantitative estimate of drug-likeness (QED) is 0.547. The second-order valence-electron chi connectivity index (χ2n) is 12.9. The van der Waals surface area contributed by atoms with Crippen LogP contribution in [0.1, 0.15) is 91.4 Å². The number of fused-ring (bicyclic) bond motifs is 5. The lowest BCUT2D eigenvalue weighted by atomic mass is 9.46. The molecule has 0 bridgehead atoms. The van der Waals surface area contributed by atoms with Crippen LogP contribution in [0.25, 0.3) is 0 Å². The molecule has 3 N–H and O–H groups in total. The van der Waals surface area contributed by atoms with Crippen molar-refractivity contribution >= 4 is 0 Å². The fourth-order valence-electron chi connectivity index (χ4n) is 9.72. The molecule has 10 atom stereocenters. The number of rotatable bonds is 2. The Balaban J connectivity index is 1.46. The Morgan fingerprint density at radius 2 is 1.84 bits per heavy atom. The van der Waals surface area contributed by atoms with E-state index in [9.17, 15) is 15.3 Å². The summed E-state index contributed by atoms with van der Waals surface area (Å²) in [4.78, 5) is 2.49. The van der Waals surface area contributed by atoms with Gasteiger partial charge in [-0.15, -0.1) is 0 Å². The van der Waals surface area contributed by atoms with Crippen LogP contribution in [-0.2, 0) is 0 Å². The van der Waals surface area contributed by atoms with Gasteiger partial charge in [-0.05, 0) is 88.1 Å². The van der Waals surface area contributed by atoms with Crippen molar-refractivity contribution in [3.63, 3.8) is 0 Å². The summed E-state index contributed by atoms with van der Waals surface area (Å²) in [6.45, 7) is 8.15. The predicted octanol–water partition coefficient (Wildman–Crippen LogP) is 4.52. The fourth-order valence-corrected chi connectivity index (χ4v) is 9.72. The number of aliphatic hydroxyl groups excluding tert-OH is 2. The van der Waals surface area contributed by atoms with Crippen LogP contribution in [0, 0.1) is 34.5 Å². The molecule has 0 aromatic carbocycles. The first-order chi connectivity index (χ1) is 15.1. The Hall–Kier alpha value is -0.420. The van der Waals surface area contributed by atoms with Gasteiger partial charge in [-0.25, -0.2) is 0 Å². The molecule has 0 amide bonds. The summed E-state index contributed by atoms with van der Waals surface area (Å²) in [5.74, 6) is 1.36. The molecule has 5 rings (SSSR count). The van der Waals surface area contributed by atoms with Gasteiger partial charge in [-0.2, -0.15) is 0 Å². The van der Waals surface area contributed by atoms with Crippen molar-refractivity contribution in [2.75, 3.05) is 13.6 Å². The van der Waals surface area contributed by atoms with E-state index in [1.54, 1.807) is 0 Å². The molecule has 4 fully saturated rings. The third-order valence-corrected chi connectivity index (χ3v) is 11.7. The number of hydrogen-bond acceptors (Lipinski definition) is 4. The minimum Gasteiger partial charge on any atom is -0.393 e. The number of aliphatic hydroxyl groups is 3. The Morgan fingerprint density at radius 3 is 2.62 bits per heavy atom. The zero-order chi connectivity index (χ0) is 22.9. The maximum Gasteiger partial charge on any atom is 0.0769 e. The maximum absolute atomic E-state index is 12.4. The highest BCUT2D eigenvalue weighted by atomic mass is 16.3. The van der Waals surface area contributed by atoms with Crippen LogP contribution >= 0.6 is 0 Å². The zero-order valence-electron chi connectivity index (χ0n) is 20.9. The molecule has 182 valence electrons. The van der Waals surface area contributed by atoms with Crippen molar-refractivity contribution in [1.29, 1.82) is 0 Å². The molecule has 4 heteroatoms. The lowest BCUT2D eigenvalue weighted by Gasteiger charge is -2.60. The molecule has 10 unspecified atom stereocenters. The smallest absolute Gasteiger partial charge is 0.0769 e. The molecule has 1 heterocycles. The molecule has 1 aliphatic heterocycles. The summed E-state index contributed by atoms with van der Waals surface area (Å²) < 4.78 is 0. The van der Waals surface area contributed by atoms with Gasteiger partial charge in [0, 0.05) is 23.8 Å². The largest absolute Gasteiger partial charge is 0.393 e. The van der Waals surface area contributed by atoms with Crippen molar-refractivity contribution in [2.45, 2.75) is 115 Å². The highest BCUT2D eigenvalue weighted by molar-refractivity contribution is 5.27. The first-order valence-corrected chi connectivity index (χ1v) is 13.6. The summed E-state index contributed by atoms with van der Waals surface area (Å²) in [6, 6.07) is 0.401. The highest BCUT2D eigenvalue weighted by Crippen LogP contribution is 2.68. The second-order valence-corrected chi connectivity index (χ2v) is 12.9. The van der Waals surface area contributed by atoms with Crippen molar-refractivity contribution in [1.82, 2.24) is 4.90 Å². The molecule has 4 nitrogen and oxygen atoms in total. The van der Waals surface area contributed by atoms with E-state index in [-0.39, 0.29) is 28.8 Å². The van der Waals surface area contributed by atoms with E-state index in [4.69, 9.17) is 0 Å². The molecule has 0 spiro atoms. The number of hydrogen-bond donors (Lipinski definition) is 3. The molecule has 4 aliphatic carbocycles. The van der Waals surface area contributed by atoms with E-state index in [2.05, 4.69) is 38.8 Å². The van der Waals surface area contributed by atoms with Crippen LogP contribution < -0.4 is 0 Å². The van der Waals surface area contributed by atoms with Gasteiger partial charge in [0.25, 0.3) is 0 Å². The molecule has 0 aromatic heterocycles. The topological polar surface area (TPSA) is 63.9 Å². The predicted molar refractivity (Wildman–Crippen MR) is 128 cm³/mol. The third-order valence-electron chi connectivity index (χ3n) is 11.7. The van der Waals surface area contributed by atoms with Gasteiger partial charge < -0.3 is 20.2 Å². The third kappa shape index (κ3) is 3.22. The minimum absolute atomic E-state index is 0.164. The Labute approximate surface area is 195 Å². The lowest BCUT2D eigenvalue weighted by molar-refractivity contribution is -0.163. The van der Waals surface area contributed by atoms with Crippen LogP contribution in [-0.4, -0.2) is 57.7 Å². The molecular weight excluding hydrogens is 398 g/mol. The summed E-state index contributed by atoms with van der Waals surface area (Å²) in [5.41, 5.74) is 0.601. The average Bonchev–Trinajstić information content (AvgIpc) is 2.86. The van der Waals surface area contributed by atoms with E-state index < -0.39 is 11.7 Å². The molecule has 32 heavy (non-hydrogen) atoms. The number of allylic oxidation sites excluding steroid dienone is 1. The van der Waals surface area contributed by atoms with Gasteiger partial charge >= 0.3 is 0 Å². The van der Waals surface area contributed by atoms with E-state index in [1.165, 1.54) is 24.8 Å². The van der Waals surface area contributed by atoms with Gasteiger partial charge in [0.1, 0.15) is 0 Å². The second kappa shape index (κ2) is 8.07. The van der Waals surface area contributed by atoms with Crippen LogP contribution in [0.4, 0.5) is 0 Å². The Morgan fingerprint density at radius 1 is 1.06 bits per heavy atom. The van der Waals surface area contributed by atoms with E-state index in [0.717, 1.165) is 51.5 Å². The van der Waals surface area contributed by atoms with Gasteiger partial charge in [-0.3, -0.25) is 0 Å². The summed E-state index contributed by atoms with van der Waals surface area (Å²) in [7, 11) is 2.24.